The molecule has 2 N–H and O–H groups in total. The molecule has 0 unspecified atom stereocenters. The van der Waals surface area contributed by atoms with Crippen molar-refractivity contribution in [2.24, 2.45) is 0 Å². The number of amides is 2. The van der Waals surface area contributed by atoms with E-state index in [1.807, 2.05) is 24.0 Å². The number of nitrogens with zero attached hydrogens (tertiary/aromatic N) is 5. The summed E-state index contributed by atoms with van der Waals surface area (Å²) in [6.07, 6.45) is 4.22. The molecule has 2 saturated heterocycles. The predicted octanol–water partition coefficient (Wildman–Crippen LogP) is -0.416. The SMILES string of the molecule is Cc1cnn(CCCNC(=O)N2C[C@H](O)[C@@H](N3CCN(C)CC3)C2)c1. The van der Waals surface area contributed by atoms with Crippen LogP contribution in [0.2, 0.25) is 0 Å². The third kappa shape index (κ3) is 4.71. The minimum Gasteiger partial charge on any atom is -0.390 e. The largest absolute Gasteiger partial charge is 0.390 e. The summed E-state index contributed by atoms with van der Waals surface area (Å²) in [5.74, 6) is 0. The molecule has 3 heterocycles. The van der Waals surface area contributed by atoms with Gasteiger partial charge in [-0.2, -0.15) is 5.10 Å². The second kappa shape index (κ2) is 8.16. The summed E-state index contributed by atoms with van der Waals surface area (Å²) < 4.78 is 1.89. The molecule has 2 fully saturated rings. The Labute approximate surface area is 149 Å². The van der Waals surface area contributed by atoms with Gasteiger partial charge in [0.2, 0.25) is 0 Å². The van der Waals surface area contributed by atoms with Gasteiger partial charge in [0, 0.05) is 58.6 Å². The number of carbonyl (C=O) groups excluding carboxylic acids is 1. The number of aliphatic hydroxyl groups is 1. The first kappa shape index (κ1) is 18.2. The quantitative estimate of drug-likeness (QED) is 0.706. The molecular weight excluding hydrogens is 320 g/mol. The fraction of sp³-hybridized carbons (Fsp3) is 0.765. The molecule has 0 spiro atoms. The number of aliphatic hydroxyl groups excluding tert-OH is 1. The Bertz CT molecular complexity index is 569. The molecule has 0 radical (unpaired) electrons. The van der Waals surface area contributed by atoms with Crippen molar-refractivity contribution in [3.05, 3.63) is 18.0 Å². The lowest BCUT2D eigenvalue weighted by Crippen LogP contribution is -2.52. The van der Waals surface area contributed by atoms with E-state index in [9.17, 15) is 9.90 Å². The summed E-state index contributed by atoms with van der Waals surface area (Å²) >= 11 is 0. The molecule has 0 bridgehead atoms. The van der Waals surface area contributed by atoms with Crippen LogP contribution in [0.5, 0.6) is 0 Å². The highest BCUT2D eigenvalue weighted by Crippen LogP contribution is 2.18. The van der Waals surface area contributed by atoms with E-state index in [2.05, 4.69) is 27.3 Å². The smallest absolute Gasteiger partial charge is 0.317 e. The Hall–Kier alpha value is -1.64. The summed E-state index contributed by atoms with van der Waals surface area (Å²) in [7, 11) is 2.12. The van der Waals surface area contributed by atoms with Crippen LogP contribution < -0.4 is 5.32 Å². The molecule has 2 amide bonds. The second-order valence-electron chi connectivity index (χ2n) is 7.25. The zero-order chi connectivity index (χ0) is 17.8. The first-order valence-corrected chi connectivity index (χ1v) is 9.15. The van der Waals surface area contributed by atoms with E-state index >= 15 is 0 Å². The molecule has 1 aromatic heterocycles. The highest BCUT2D eigenvalue weighted by Gasteiger charge is 2.38. The number of rotatable bonds is 5. The molecule has 8 heteroatoms. The fourth-order valence-corrected chi connectivity index (χ4v) is 3.59. The van der Waals surface area contributed by atoms with Gasteiger partial charge in [-0.15, -0.1) is 0 Å². The monoisotopic (exact) mass is 350 g/mol. The summed E-state index contributed by atoms with van der Waals surface area (Å²) in [6.45, 7) is 8.39. The van der Waals surface area contributed by atoms with Crippen LogP contribution in [0.1, 0.15) is 12.0 Å². The molecule has 8 nitrogen and oxygen atoms in total. The maximum atomic E-state index is 12.3. The van der Waals surface area contributed by atoms with Crippen molar-refractivity contribution >= 4 is 6.03 Å². The average molecular weight is 350 g/mol. The summed E-state index contributed by atoms with van der Waals surface area (Å²) in [5.41, 5.74) is 1.14. The van der Waals surface area contributed by atoms with Crippen LogP contribution >= 0.6 is 0 Å². The van der Waals surface area contributed by atoms with E-state index in [-0.39, 0.29) is 12.1 Å². The van der Waals surface area contributed by atoms with E-state index in [4.69, 9.17) is 0 Å². The lowest BCUT2D eigenvalue weighted by Gasteiger charge is -2.37. The molecule has 2 aliphatic rings. The number of carbonyl (C=O) groups is 1. The normalized spacial score (nSPS) is 25.5. The summed E-state index contributed by atoms with van der Waals surface area (Å²) in [6, 6.07) is -0.0150. The van der Waals surface area contributed by atoms with Crippen LogP contribution in [-0.2, 0) is 6.54 Å². The topological polar surface area (TPSA) is 76.9 Å². The number of urea groups is 1. The van der Waals surface area contributed by atoms with Crippen molar-refractivity contribution in [2.75, 3.05) is 52.9 Å². The minimum absolute atomic E-state index is 0.0616. The molecular formula is C17H30N6O2. The van der Waals surface area contributed by atoms with Crippen molar-refractivity contribution < 1.29 is 9.90 Å². The van der Waals surface area contributed by atoms with Crippen LogP contribution in [0, 0.1) is 6.92 Å². The van der Waals surface area contributed by atoms with Crippen LogP contribution in [0.4, 0.5) is 4.79 Å². The van der Waals surface area contributed by atoms with Gasteiger partial charge < -0.3 is 20.2 Å². The fourth-order valence-electron chi connectivity index (χ4n) is 3.59. The van der Waals surface area contributed by atoms with Crippen molar-refractivity contribution in [3.63, 3.8) is 0 Å². The number of nitrogens with one attached hydrogen (secondary N) is 1. The van der Waals surface area contributed by atoms with Crippen molar-refractivity contribution in [1.29, 1.82) is 0 Å². The molecule has 3 rings (SSSR count). The molecule has 0 aliphatic carbocycles. The Balaban J connectivity index is 1.39. The molecule has 25 heavy (non-hydrogen) atoms. The number of likely N-dealkylation sites (tertiary alicyclic amines) is 1. The number of β-amino-alcohol motifs (C(OH)–C–C–N with tert-alkyl or cyclic N) is 1. The van der Waals surface area contributed by atoms with E-state index in [0.717, 1.165) is 44.7 Å². The van der Waals surface area contributed by atoms with E-state index in [0.29, 0.717) is 19.6 Å². The van der Waals surface area contributed by atoms with Gasteiger partial charge in [-0.1, -0.05) is 0 Å². The minimum atomic E-state index is -0.457. The number of aromatic nitrogens is 2. The summed E-state index contributed by atoms with van der Waals surface area (Å²) in [5, 5.41) is 17.6. The number of aryl methyl sites for hydroxylation is 2. The summed E-state index contributed by atoms with van der Waals surface area (Å²) in [4.78, 5) is 18.7. The predicted molar refractivity (Wildman–Crippen MR) is 95.4 cm³/mol. The molecule has 140 valence electrons. The number of piperazine rings is 1. The zero-order valence-electron chi connectivity index (χ0n) is 15.3. The van der Waals surface area contributed by atoms with E-state index in [1.165, 1.54) is 0 Å². The molecule has 2 aliphatic heterocycles. The first-order valence-electron chi connectivity index (χ1n) is 9.15. The Morgan fingerprint density at radius 2 is 2.08 bits per heavy atom. The second-order valence-corrected chi connectivity index (χ2v) is 7.25. The van der Waals surface area contributed by atoms with Gasteiger partial charge in [0.1, 0.15) is 0 Å². The van der Waals surface area contributed by atoms with Crippen LogP contribution in [0.15, 0.2) is 12.4 Å². The maximum Gasteiger partial charge on any atom is 0.317 e. The highest BCUT2D eigenvalue weighted by molar-refractivity contribution is 5.74. The Morgan fingerprint density at radius 3 is 2.76 bits per heavy atom. The first-order chi connectivity index (χ1) is 12.0. The third-order valence-corrected chi connectivity index (χ3v) is 5.16. The number of hydrogen-bond acceptors (Lipinski definition) is 5. The van der Waals surface area contributed by atoms with Crippen molar-refractivity contribution in [1.82, 2.24) is 29.8 Å². The van der Waals surface area contributed by atoms with Gasteiger partial charge in [-0.05, 0) is 26.0 Å². The molecule has 0 aromatic carbocycles. The van der Waals surface area contributed by atoms with Crippen molar-refractivity contribution in [2.45, 2.75) is 32.0 Å². The molecule has 1 aromatic rings. The van der Waals surface area contributed by atoms with Crippen LogP contribution in [0.3, 0.4) is 0 Å². The van der Waals surface area contributed by atoms with Gasteiger partial charge in [0.15, 0.2) is 0 Å². The lowest BCUT2D eigenvalue weighted by molar-refractivity contribution is 0.0512. The Kier molecular flexibility index (Phi) is 5.93. The van der Waals surface area contributed by atoms with Gasteiger partial charge in [0.05, 0.1) is 18.3 Å². The number of hydrogen-bond donors (Lipinski definition) is 2. The van der Waals surface area contributed by atoms with E-state index in [1.54, 1.807) is 4.90 Å². The van der Waals surface area contributed by atoms with Crippen LogP contribution in [-0.4, -0.2) is 101 Å². The van der Waals surface area contributed by atoms with Gasteiger partial charge >= 0.3 is 6.03 Å². The van der Waals surface area contributed by atoms with Gasteiger partial charge in [-0.25, -0.2) is 4.79 Å². The van der Waals surface area contributed by atoms with Gasteiger partial charge in [-0.3, -0.25) is 9.58 Å². The third-order valence-electron chi connectivity index (χ3n) is 5.16. The maximum absolute atomic E-state index is 12.3. The number of likely N-dealkylation sites (N-methyl/N-ethyl adjacent to an activating group) is 1. The standard InChI is InChI=1S/C17H30N6O2/c1-14-10-19-23(11-14)5-3-4-18-17(25)22-12-15(16(24)13-22)21-8-6-20(2)7-9-21/h10-11,15-16,24H,3-9,12-13H2,1-2H3,(H,18,25)/t15-,16-/m0/s1. The Morgan fingerprint density at radius 1 is 1.32 bits per heavy atom. The zero-order valence-corrected chi connectivity index (χ0v) is 15.3. The molecule has 2 atom stereocenters. The van der Waals surface area contributed by atoms with Crippen molar-refractivity contribution in [3.8, 4) is 0 Å². The lowest BCUT2D eigenvalue weighted by atomic mass is 10.1. The average Bonchev–Trinajstić information content (AvgIpc) is 3.18. The van der Waals surface area contributed by atoms with Crippen LogP contribution in [0.25, 0.3) is 0 Å². The van der Waals surface area contributed by atoms with E-state index < -0.39 is 6.10 Å². The highest BCUT2D eigenvalue weighted by atomic mass is 16.3. The van der Waals surface area contributed by atoms with Gasteiger partial charge in [0.25, 0.3) is 0 Å². The molecule has 0 saturated carbocycles.